The van der Waals surface area contributed by atoms with Gasteiger partial charge in [-0.25, -0.2) is 4.39 Å². The molecular formula is C17H23ClFNO. The van der Waals surface area contributed by atoms with E-state index in [1.807, 2.05) is 0 Å². The molecule has 0 bridgehead atoms. The lowest BCUT2D eigenvalue weighted by Gasteiger charge is -2.54. The van der Waals surface area contributed by atoms with Crippen LogP contribution in [-0.4, -0.2) is 18.7 Å². The number of nitrogens with one attached hydrogen (secondary N) is 1. The van der Waals surface area contributed by atoms with Crippen LogP contribution in [0.25, 0.3) is 0 Å². The average Bonchev–Trinajstić information content (AvgIpc) is 2.96. The zero-order valence-electron chi connectivity index (χ0n) is 12.5. The minimum absolute atomic E-state index is 0.206. The van der Waals surface area contributed by atoms with Crippen molar-refractivity contribution >= 4 is 11.6 Å². The molecule has 2 nitrogen and oxygen atoms in total. The second-order valence-corrected chi connectivity index (χ2v) is 6.77. The van der Waals surface area contributed by atoms with Gasteiger partial charge in [0.05, 0.1) is 5.02 Å². The van der Waals surface area contributed by atoms with Gasteiger partial charge in [-0.15, -0.1) is 0 Å². The maximum Gasteiger partial charge on any atom is 0.138 e. The first-order valence-corrected chi connectivity index (χ1v) is 8.38. The van der Waals surface area contributed by atoms with E-state index in [9.17, 15) is 4.39 Å². The average molecular weight is 312 g/mol. The van der Waals surface area contributed by atoms with E-state index in [-0.39, 0.29) is 17.3 Å². The third-order valence-corrected chi connectivity index (χ3v) is 5.42. The first-order valence-electron chi connectivity index (χ1n) is 8.01. The van der Waals surface area contributed by atoms with Crippen molar-refractivity contribution in [1.29, 1.82) is 0 Å². The summed E-state index contributed by atoms with van der Waals surface area (Å²) in [5.41, 5.74) is 0.257. The standard InChI is InChI=1S/C17H23ClFNO/c1-2-9-20-15-11-16(17(15)7-3-4-8-17)21-14-6-5-12(19)10-13(14)18/h5-6,10,15-16,20H,2-4,7-9,11H2,1H3. The predicted octanol–water partition coefficient (Wildman–Crippen LogP) is 4.56. The Labute approximate surface area is 131 Å². The molecule has 1 spiro atoms. The molecule has 116 valence electrons. The van der Waals surface area contributed by atoms with E-state index in [1.54, 1.807) is 6.07 Å². The van der Waals surface area contributed by atoms with E-state index < -0.39 is 0 Å². The van der Waals surface area contributed by atoms with Gasteiger partial charge in [0.2, 0.25) is 0 Å². The van der Waals surface area contributed by atoms with Gasteiger partial charge in [0, 0.05) is 17.9 Å². The topological polar surface area (TPSA) is 21.3 Å². The molecule has 0 aliphatic heterocycles. The first kappa shape index (κ1) is 15.1. The van der Waals surface area contributed by atoms with Crippen molar-refractivity contribution < 1.29 is 9.13 Å². The molecule has 2 unspecified atom stereocenters. The molecule has 2 aliphatic rings. The molecule has 0 heterocycles. The maximum absolute atomic E-state index is 13.1. The summed E-state index contributed by atoms with van der Waals surface area (Å²) in [6.07, 6.45) is 7.38. The van der Waals surface area contributed by atoms with Crippen LogP contribution in [0.2, 0.25) is 5.02 Å². The predicted molar refractivity (Wildman–Crippen MR) is 83.4 cm³/mol. The van der Waals surface area contributed by atoms with Crippen molar-refractivity contribution in [3.05, 3.63) is 29.0 Å². The van der Waals surface area contributed by atoms with Gasteiger partial charge in [-0.2, -0.15) is 0 Å². The summed E-state index contributed by atoms with van der Waals surface area (Å²) >= 11 is 6.09. The van der Waals surface area contributed by atoms with Crippen LogP contribution < -0.4 is 10.1 Å². The fraction of sp³-hybridized carbons (Fsp3) is 0.647. The van der Waals surface area contributed by atoms with Crippen molar-refractivity contribution in [2.45, 2.75) is 57.6 Å². The minimum atomic E-state index is -0.320. The Morgan fingerprint density at radius 2 is 2.14 bits per heavy atom. The van der Waals surface area contributed by atoms with Crippen LogP contribution in [0.3, 0.4) is 0 Å². The number of hydrogen-bond donors (Lipinski definition) is 1. The van der Waals surface area contributed by atoms with Crippen molar-refractivity contribution in [2.75, 3.05) is 6.54 Å². The summed E-state index contributed by atoms with van der Waals surface area (Å²) in [6, 6.07) is 4.94. The molecule has 2 atom stereocenters. The van der Waals surface area contributed by atoms with Crippen molar-refractivity contribution in [3.8, 4) is 5.75 Å². The van der Waals surface area contributed by atoms with E-state index in [0.29, 0.717) is 16.8 Å². The molecule has 4 heteroatoms. The second-order valence-electron chi connectivity index (χ2n) is 6.36. The third kappa shape index (κ3) is 2.78. The van der Waals surface area contributed by atoms with Crippen LogP contribution in [-0.2, 0) is 0 Å². The highest BCUT2D eigenvalue weighted by atomic mass is 35.5. The van der Waals surface area contributed by atoms with Gasteiger partial charge >= 0.3 is 0 Å². The maximum atomic E-state index is 13.1. The van der Waals surface area contributed by atoms with E-state index in [1.165, 1.54) is 37.8 Å². The Bertz CT molecular complexity index is 502. The summed E-state index contributed by atoms with van der Waals surface area (Å²) in [4.78, 5) is 0. The minimum Gasteiger partial charge on any atom is -0.488 e. The molecule has 0 radical (unpaired) electrons. The largest absolute Gasteiger partial charge is 0.488 e. The van der Waals surface area contributed by atoms with E-state index in [2.05, 4.69) is 12.2 Å². The zero-order valence-corrected chi connectivity index (χ0v) is 13.3. The Balaban J connectivity index is 1.71. The molecule has 2 saturated carbocycles. The first-order chi connectivity index (χ1) is 10.2. The SMILES string of the molecule is CCCNC1CC(Oc2ccc(F)cc2Cl)C12CCCC2. The Hall–Kier alpha value is -0.800. The summed E-state index contributed by atoms with van der Waals surface area (Å²) in [5, 5.41) is 4.04. The van der Waals surface area contributed by atoms with Crippen molar-refractivity contribution in [2.24, 2.45) is 5.41 Å². The van der Waals surface area contributed by atoms with E-state index in [4.69, 9.17) is 16.3 Å². The summed E-state index contributed by atoms with van der Waals surface area (Å²) in [7, 11) is 0. The van der Waals surface area contributed by atoms with Crippen LogP contribution in [0.4, 0.5) is 4.39 Å². The van der Waals surface area contributed by atoms with Crippen LogP contribution in [0.5, 0.6) is 5.75 Å². The molecule has 2 fully saturated rings. The van der Waals surface area contributed by atoms with Gasteiger partial charge in [-0.3, -0.25) is 0 Å². The molecule has 3 rings (SSSR count). The van der Waals surface area contributed by atoms with E-state index >= 15 is 0 Å². The number of halogens is 2. The Kier molecular flexibility index (Phi) is 4.41. The lowest BCUT2D eigenvalue weighted by molar-refractivity contribution is -0.0759. The third-order valence-electron chi connectivity index (χ3n) is 5.12. The number of benzene rings is 1. The molecule has 0 aromatic heterocycles. The molecule has 0 amide bonds. The number of rotatable bonds is 5. The van der Waals surface area contributed by atoms with Crippen molar-refractivity contribution in [1.82, 2.24) is 5.32 Å². The second kappa shape index (κ2) is 6.13. The summed E-state index contributed by atoms with van der Waals surface area (Å²) in [6.45, 7) is 3.26. The van der Waals surface area contributed by atoms with Gasteiger partial charge < -0.3 is 10.1 Å². The van der Waals surface area contributed by atoms with Crippen molar-refractivity contribution in [3.63, 3.8) is 0 Å². The zero-order chi connectivity index (χ0) is 14.9. The molecular weight excluding hydrogens is 289 g/mol. The van der Waals surface area contributed by atoms with Crippen LogP contribution in [0.15, 0.2) is 18.2 Å². The van der Waals surface area contributed by atoms with Gasteiger partial charge in [0.25, 0.3) is 0 Å². The summed E-state index contributed by atoms with van der Waals surface area (Å²) in [5.74, 6) is 0.294. The highest BCUT2D eigenvalue weighted by Gasteiger charge is 2.57. The molecule has 1 N–H and O–H groups in total. The number of hydrogen-bond acceptors (Lipinski definition) is 2. The Morgan fingerprint density at radius 3 is 2.81 bits per heavy atom. The molecule has 2 aliphatic carbocycles. The molecule has 1 aromatic carbocycles. The van der Waals surface area contributed by atoms with Gasteiger partial charge in [0.15, 0.2) is 0 Å². The summed E-state index contributed by atoms with van der Waals surface area (Å²) < 4.78 is 19.3. The molecule has 21 heavy (non-hydrogen) atoms. The quantitative estimate of drug-likeness (QED) is 0.860. The van der Waals surface area contributed by atoms with Gasteiger partial charge in [-0.05, 0) is 44.0 Å². The lowest BCUT2D eigenvalue weighted by atomic mass is 9.60. The fourth-order valence-corrected chi connectivity index (χ4v) is 4.16. The monoisotopic (exact) mass is 311 g/mol. The highest BCUT2D eigenvalue weighted by molar-refractivity contribution is 6.32. The van der Waals surface area contributed by atoms with Crippen LogP contribution in [0, 0.1) is 11.2 Å². The fourth-order valence-electron chi connectivity index (χ4n) is 3.95. The molecule has 1 aromatic rings. The van der Waals surface area contributed by atoms with Crippen LogP contribution in [0.1, 0.15) is 45.4 Å². The van der Waals surface area contributed by atoms with E-state index in [0.717, 1.165) is 19.4 Å². The van der Waals surface area contributed by atoms with Gasteiger partial charge in [-0.1, -0.05) is 31.4 Å². The number of ether oxygens (including phenoxy) is 1. The highest BCUT2D eigenvalue weighted by Crippen LogP contribution is 2.55. The molecule has 0 saturated heterocycles. The lowest BCUT2D eigenvalue weighted by Crippen LogP contribution is -2.63. The Morgan fingerprint density at radius 1 is 1.38 bits per heavy atom. The van der Waals surface area contributed by atoms with Gasteiger partial charge in [0.1, 0.15) is 17.7 Å². The normalized spacial score (nSPS) is 26.8. The van der Waals surface area contributed by atoms with Crippen LogP contribution >= 0.6 is 11.6 Å². The smallest absolute Gasteiger partial charge is 0.138 e.